The minimum Gasteiger partial charge on any atom is -0.507 e. The van der Waals surface area contributed by atoms with Crippen molar-refractivity contribution in [2.24, 2.45) is 0 Å². The maximum atomic E-state index is 10.8. The number of nitro groups is 1. The molecule has 0 bridgehead atoms. The maximum Gasteiger partial charge on any atom is 0.269 e. The van der Waals surface area contributed by atoms with Crippen LogP contribution in [0.2, 0.25) is 5.02 Å². The first-order valence-electron chi connectivity index (χ1n) is 9.48. The SMILES string of the molecule is Nc1ncc(-c2ccc(Cl)cc2)c(-c2ccc(OCc3ccc([N+](=O)[O-])cc3)cc2O)n1. The van der Waals surface area contributed by atoms with E-state index in [1.165, 1.54) is 18.2 Å². The van der Waals surface area contributed by atoms with Crippen LogP contribution in [0.25, 0.3) is 22.4 Å². The summed E-state index contributed by atoms with van der Waals surface area (Å²) in [4.78, 5) is 18.7. The summed E-state index contributed by atoms with van der Waals surface area (Å²) in [6.45, 7) is 0.188. The van der Waals surface area contributed by atoms with Gasteiger partial charge >= 0.3 is 0 Å². The van der Waals surface area contributed by atoms with Crippen LogP contribution >= 0.6 is 11.6 Å². The lowest BCUT2D eigenvalue weighted by molar-refractivity contribution is -0.384. The molecule has 4 rings (SSSR count). The molecule has 0 atom stereocenters. The Balaban J connectivity index is 1.59. The van der Waals surface area contributed by atoms with Gasteiger partial charge in [0.1, 0.15) is 18.1 Å². The highest BCUT2D eigenvalue weighted by Gasteiger charge is 2.15. The zero-order valence-corrected chi connectivity index (χ0v) is 17.4. The topological polar surface area (TPSA) is 124 Å². The molecule has 1 heterocycles. The molecular formula is C23H17ClN4O4. The molecule has 0 amide bonds. The molecule has 0 aliphatic rings. The number of anilines is 1. The van der Waals surface area contributed by atoms with Gasteiger partial charge in [0, 0.05) is 40.5 Å². The molecule has 0 aliphatic carbocycles. The van der Waals surface area contributed by atoms with E-state index in [9.17, 15) is 15.2 Å². The Morgan fingerprint density at radius 1 is 1.03 bits per heavy atom. The Labute approximate surface area is 188 Å². The van der Waals surface area contributed by atoms with Gasteiger partial charge in [-0.25, -0.2) is 9.97 Å². The molecule has 0 aliphatic heterocycles. The number of nitro benzene ring substituents is 1. The van der Waals surface area contributed by atoms with E-state index in [1.54, 1.807) is 42.6 Å². The Morgan fingerprint density at radius 3 is 2.41 bits per heavy atom. The molecule has 3 N–H and O–H groups in total. The number of hydrogen-bond acceptors (Lipinski definition) is 7. The third-order valence-electron chi connectivity index (χ3n) is 4.74. The molecule has 0 fully saturated rings. The molecule has 0 saturated carbocycles. The van der Waals surface area contributed by atoms with Gasteiger partial charge < -0.3 is 15.6 Å². The van der Waals surface area contributed by atoms with Gasteiger partial charge in [0.15, 0.2) is 0 Å². The lowest BCUT2D eigenvalue weighted by Crippen LogP contribution is -1.99. The summed E-state index contributed by atoms with van der Waals surface area (Å²) in [6.07, 6.45) is 1.60. The third kappa shape index (κ3) is 4.60. The van der Waals surface area contributed by atoms with Gasteiger partial charge in [0.2, 0.25) is 5.95 Å². The van der Waals surface area contributed by atoms with Crippen LogP contribution in [0.4, 0.5) is 11.6 Å². The number of phenolic OH excluding ortho intramolecular Hbond substituents is 1. The van der Waals surface area contributed by atoms with Crippen LogP contribution in [-0.2, 0) is 6.61 Å². The average molecular weight is 449 g/mol. The molecule has 0 unspecified atom stereocenters. The van der Waals surface area contributed by atoms with Crippen molar-refractivity contribution in [2.45, 2.75) is 6.61 Å². The van der Waals surface area contributed by atoms with Gasteiger partial charge in [0.05, 0.1) is 10.6 Å². The highest BCUT2D eigenvalue weighted by molar-refractivity contribution is 6.30. The molecule has 32 heavy (non-hydrogen) atoms. The van der Waals surface area contributed by atoms with Crippen molar-refractivity contribution in [2.75, 3.05) is 5.73 Å². The molecular weight excluding hydrogens is 432 g/mol. The van der Waals surface area contributed by atoms with Crippen molar-refractivity contribution >= 4 is 23.2 Å². The molecule has 160 valence electrons. The number of ether oxygens (including phenoxy) is 1. The number of non-ortho nitro benzene ring substituents is 1. The second kappa shape index (κ2) is 8.91. The van der Waals surface area contributed by atoms with Crippen LogP contribution in [0.1, 0.15) is 5.56 Å². The highest BCUT2D eigenvalue weighted by Crippen LogP contribution is 2.37. The maximum absolute atomic E-state index is 10.8. The van der Waals surface area contributed by atoms with E-state index in [1.807, 2.05) is 12.1 Å². The average Bonchev–Trinajstić information content (AvgIpc) is 2.79. The van der Waals surface area contributed by atoms with Crippen LogP contribution in [0.15, 0.2) is 72.9 Å². The molecule has 4 aromatic rings. The van der Waals surface area contributed by atoms with Crippen molar-refractivity contribution in [3.05, 3.63) is 93.6 Å². The fourth-order valence-corrected chi connectivity index (χ4v) is 3.25. The standard InChI is InChI=1S/C23H17ClN4O4/c24-16-5-3-15(4-6-16)20-12-26-23(25)27-22(20)19-10-9-18(11-21(19)29)32-13-14-1-7-17(8-2-14)28(30)31/h1-12,29H,13H2,(H2,25,26,27). The fraction of sp³-hybridized carbons (Fsp3) is 0.0435. The molecule has 1 aromatic heterocycles. The second-order valence-corrected chi connectivity index (χ2v) is 7.32. The predicted octanol–water partition coefficient (Wildman–Crippen LogP) is 5.24. The third-order valence-corrected chi connectivity index (χ3v) is 4.99. The zero-order valence-electron chi connectivity index (χ0n) is 16.6. The quantitative estimate of drug-likeness (QED) is 0.305. The van der Waals surface area contributed by atoms with Crippen LogP contribution < -0.4 is 10.5 Å². The molecule has 0 radical (unpaired) electrons. The number of nitrogens with zero attached hydrogens (tertiary/aromatic N) is 3. The van der Waals surface area contributed by atoms with E-state index >= 15 is 0 Å². The zero-order chi connectivity index (χ0) is 22.7. The van der Waals surface area contributed by atoms with E-state index < -0.39 is 4.92 Å². The summed E-state index contributed by atoms with van der Waals surface area (Å²) >= 11 is 5.98. The fourth-order valence-electron chi connectivity index (χ4n) is 3.12. The van der Waals surface area contributed by atoms with Gasteiger partial charge in [-0.1, -0.05) is 23.7 Å². The van der Waals surface area contributed by atoms with Gasteiger partial charge in [0.25, 0.3) is 5.69 Å². The van der Waals surface area contributed by atoms with Crippen molar-refractivity contribution in [1.29, 1.82) is 0 Å². The van der Waals surface area contributed by atoms with Crippen LogP contribution in [0, 0.1) is 10.1 Å². The number of rotatable bonds is 6. The monoisotopic (exact) mass is 448 g/mol. The molecule has 0 saturated heterocycles. The van der Waals surface area contributed by atoms with Crippen molar-refractivity contribution < 1.29 is 14.8 Å². The van der Waals surface area contributed by atoms with Crippen molar-refractivity contribution in [3.63, 3.8) is 0 Å². The van der Waals surface area contributed by atoms with Crippen LogP contribution in [0.5, 0.6) is 11.5 Å². The van der Waals surface area contributed by atoms with Gasteiger partial charge in [-0.15, -0.1) is 0 Å². The predicted molar refractivity (Wildman–Crippen MR) is 121 cm³/mol. The van der Waals surface area contributed by atoms with E-state index in [0.717, 1.165) is 11.1 Å². The van der Waals surface area contributed by atoms with Crippen LogP contribution in [0.3, 0.4) is 0 Å². The second-order valence-electron chi connectivity index (χ2n) is 6.89. The summed E-state index contributed by atoms with van der Waals surface area (Å²) < 4.78 is 5.71. The van der Waals surface area contributed by atoms with Gasteiger partial charge in [-0.2, -0.15) is 0 Å². The first-order valence-corrected chi connectivity index (χ1v) is 9.86. The Bertz CT molecular complexity index is 1280. The summed E-state index contributed by atoms with van der Waals surface area (Å²) in [5.41, 5.74) is 9.01. The number of halogens is 1. The Kier molecular flexibility index (Phi) is 5.87. The Morgan fingerprint density at radius 2 is 1.75 bits per heavy atom. The van der Waals surface area contributed by atoms with Crippen LogP contribution in [-0.4, -0.2) is 20.0 Å². The number of phenols is 1. The smallest absolute Gasteiger partial charge is 0.269 e. The van der Waals surface area contributed by atoms with E-state index in [0.29, 0.717) is 27.6 Å². The molecule has 0 spiro atoms. The minimum atomic E-state index is -0.459. The van der Waals surface area contributed by atoms with E-state index in [4.69, 9.17) is 22.1 Å². The number of benzene rings is 3. The van der Waals surface area contributed by atoms with E-state index in [2.05, 4.69) is 9.97 Å². The summed E-state index contributed by atoms with van der Waals surface area (Å²) in [7, 11) is 0. The number of nitrogens with two attached hydrogens (primary N) is 1. The lowest BCUT2D eigenvalue weighted by atomic mass is 10.00. The largest absolute Gasteiger partial charge is 0.507 e. The molecule has 9 heteroatoms. The number of nitrogen functional groups attached to an aromatic ring is 1. The summed E-state index contributed by atoms with van der Waals surface area (Å²) in [6, 6.07) is 18.1. The summed E-state index contributed by atoms with van der Waals surface area (Å²) in [5, 5.41) is 22.0. The minimum absolute atomic E-state index is 0.0105. The normalized spacial score (nSPS) is 10.7. The first-order chi connectivity index (χ1) is 15.4. The lowest BCUT2D eigenvalue weighted by Gasteiger charge is -2.13. The first kappa shape index (κ1) is 21.1. The highest BCUT2D eigenvalue weighted by atomic mass is 35.5. The Hall–Kier alpha value is -4.17. The molecule has 3 aromatic carbocycles. The van der Waals surface area contributed by atoms with Crippen molar-refractivity contribution in [1.82, 2.24) is 9.97 Å². The van der Waals surface area contributed by atoms with Gasteiger partial charge in [-0.3, -0.25) is 10.1 Å². The van der Waals surface area contributed by atoms with Gasteiger partial charge in [-0.05, 0) is 47.5 Å². The molecule has 8 nitrogen and oxygen atoms in total. The van der Waals surface area contributed by atoms with E-state index in [-0.39, 0.29) is 24.0 Å². The number of aromatic nitrogens is 2. The summed E-state index contributed by atoms with van der Waals surface area (Å²) in [5.74, 6) is 0.467. The van der Waals surface area contributed by atoms with Crippen molar-refractivity contribution in [3.8, 4) is 33.9 Å². The number of aromatic hydroxyl groups is 1. The number of hydrogen-bond donors (Lipinski definition) is 2.